The van der Waals surface area contributed by atoms with Gasteiger partial charge in [-0.15, -0.1) is 0 Å². The summed E-state index contributed by atoms with van der Waals surface area (Å²) in [6, 6.07) is 3.90. The smallest absolute Gasteiger partial charge is 0.224 e. The molecular weight excluding hydrogens is 254 g/mol. The lowest BCUT2D eigenvalue weighted by atomic mass is 9.94. The molecule has 108 valence electrons. The molecule has 1 amide bonds. The molecule has 1 unspecified atom stereocenters. The van der Waals surface area contributed by atoms with Gasteiger partial charge >= 0.3 is 0 Å². The first-order valence-corrected chi connectivity index (χ1v) is 7.14. The van der Waals surface area contributed by atoms with Gasteiger partial charge in [0.2, 0.25) is 5.91 Å². The van der Waals surface area contributed by atoms with Crippen LogP contribution in [0.1, 0.15) is 31.7 Å². The van der Waals surface area contributed by atoms with Gasteiger partial charge in [-0.3, -0.25) is 4.79 Å². The zero-order valence-corrected chi connectivity index (χ0v) is 11.8. The van der Waals surface area contributed by atoms with Crippen LogP contribution in [0.5, 0.6) is 0 Å². The maximum absolute atomic E-state index is 11.5. The standard InChI is InChI=1S/C15H21N3O2/c1-15(20)5-2-6-18(9-15)13-8-12-10(7-11(13)16)3-4-14(19)17-12/h7-8,20H,2-6,9,16H2,1H3,(H,17,19). The number of nitrogen functional groups attached to an aromatic ring is 1. The number of nitrogens with one attached hydrogen (secondary N) is 1. The zero-order valence-electron chi connectivity index (χ0n) is 11.8. The van der Waals surface area contributed by atoms with Crippen LogP contribution >= 0.6 is 0 Å². The Balaban J connectivity index is 1.93. The lowest BCUT2D eigenvalue weighted by molar-refractivity contribution is -0.116. The molecule has 5 heteroatoms. The predicted molar refractivity (Wildman–Crippen MR) is 79.9 cm³/mol. The third kappa shape index (κ3) is 2.45. The Labute approximate surface area is 118 Å². The first-order chi connectivity index (χ1) is 9.44. The molecule has 2 heterocycles. The number of nitrogens with zero attached hydrogens (tertiary/aromatic N) is 1. The number of aryl methyl sites for hydroxylation is 1. The van der Waals surface area contributed by atoms with Crippen molar-refractivity contribution in [2.24, 2.45) is 0 Å². The van der Waals surface area contributed by atoms with Gasteiger partial charge in [0.25, 0.3) is 0 Å². The van der Waals surface area contributed by atoms with Gasteiger partial charge in [0.05, 0.1) is 17.0 Å². The molecule has 1 aromatic rings. The summed E-state index contributed by atoms with van der Waals surface area (Å²) in [6.45, 7) is 3.31. The van der Waals surface area contributed by atoms with E-state index in [1.54, 1.807) is 0 Å². The summed E-state index contributed by atoms with van der Waals surface area (Å²) >= 11 is 0. The van der Waals surface area contributed by atoms with Crippen LogP contribution in [0, 0.1) is 0 Å². The third-order valence-electron chi connectivity index (χ3n) is 4.16. The van der Waals surface area contributed by atoms with E-state index in [0.717, 1.165) is 48.4 Å². The molecule has 1 aromatic carbocycles. The second kappa shape index (κ2) is 4.66. The number of hydrogen-bond donors (Lipinski definition) is 3. The van der Waals surface area contributed by atoms with Crippen molar-refractivity contribution >= 4 is 23.0 Å². The number of benzene rings is 1. The lowest BCUT2D eigenvalue weighted by Crippen LogP contribution is -2.46. The molecule has 1 saturated heterocycles. The van der Waals surface area contributed by atoms with E-state index < -0.39 is 5.60 Å². The number of fused-ring (bicyclic) bond motifs is 1. The molecule has 0 spiro atoms. The van der Waals surface area contributed by atoms with Crippen molar-refractivity contribution in [3.8, 4) is 0 Å². The average Bonchev–Trinajstić information content (AvgIpc) is 2.37. The molecule has 0 bridgehead atoms. The molecule has 5 nitrogen and oxygen atoms in total. The number of carbonyl (C=O) groups is 1. The van der Waals surface area contributed by atoms with Crippen molar-refractivity contribution in [1.82, 2.24) is 0 Å². The van der Waals surface area contributed by atoms with Crippen LogP contribution in [0.3, 0.4) is 0 Å². The molecule has 1 fully saturated rings. The number of β-amino-alcohol motifs (C(OH)–C–C–N with tert-alkyl or cyclic N) is 1. The van der Waals surface area contributed by atoms with Crippen molar-refractivity contribution in [2.45, 2.75) is 38.2 Å². The highest BCUT2D eigenvalue weighted by Gasteiger charge is 2.30. The highest BCUT2D eigenvalue weighted by atomic mass is 16.3. The number of amides is 1. The summed E-state index contributed by atoms with van der Waals surface area (Å²) in [5.74, 6) is 0.0545. The SMILES string of the molecule is CC1(O)CCCN(c2cc3c(cc2N)CCC(=O)N3)C1. The van der Waals surface area contributed by atoms with Gasteiger partial charge in [-0.25, -0.2) is 0 Å². The lowest BCUT2D eigenvalue weighted by Gasteiger charge is -2.39. The van der Waals surface area contributed by atoms with Crippen molar-refractivity contribution in [1.29, 1.82) is 0 Å². The van der Waals surface area contributed by atoms with E-state index in [9.17, 15) is 9.90 Å². The largest absolute Gasteiger partial charge is 0.397 e. The van der Waals surface area contributed by atoms with Crippen molar-refractivity contribution in [3.63, 3.8) is 0 Å². The molecule has 4 N–H and O–H groups in total. The summed E-state index contributed by atoms with van der Waals surface area (Å²) in [6.07, 6.45) is 3.01. The van der Waals surface area contributed by atoms with Gasteiger partial charge in [-0.1, -0.05) is 0 Å². The highest BCUT2D eigenvalue weighted by molar-refractivity contribution is 5.95. The number of carbonyl (C=O) groups excluding carboxylic acids is 1. The normalized spacial score (nSPS) is 26.1. The van der Waals surface area contributed by atoms with Gasteiger partial charge in [0.15, 0.2) is 0 Å². The van der Waals surface area contributed by atoms with Crippen LogP contribution in [-0.2, 0) is 11.2 Å². The van der Waals surface area contributed by atoms with Gasteiger partial charge < -0.3 is 21.1 Å². The summed E-state index contributed by atoms with van der Waals surface area (Å²) in [4.78, 5) is 13.6. The monoisotopic (exact) mass is 275 g/mol. The van der Waals surface area contributed by atoms with E-state index >= 15 is 0 Å². The quantitative estimate of drug-likeness (QED) is 0.679. The third-order valence-corrected chi connectivity index (χ3v) is 4.16. The summed E-state index contributed by atoms with van der Waals surface area (Å²) in [5.41, 5.74) is 9.06. The van der Waals surface area contributed by atoms with E-state index in [-0.39, 0.29) is 5.91 Å². The summed E-state index contributed by atoms with van der Waals surface area (Å²) in [5, 5.41) is 13.1. The minimum Gasteiger partial charge on any atom is -0.397 e. The van der Waals surface area contributed by atoms with Crippen LogP contribution in [-0.4, -0.2) is 29.7 Å². The fourth-order valence-corrected chi connectivity index (χ4v) is 3.14. The molecule has 0 saturated carbocycles. The predicted octanol–water partition coefficient (Wildman–Crippen LogP) is 1.50. The van der Waals surface area contributed by atoms with Crippen molar-refractivity contribution in [3.05, 3.63) is 17.7 Å². The second-order valence-corrected chi connectivity index (χ2v) is 6.14. The molecule has 1 atom stereocenters. The zero-order chi connectivity index (χ0) is 14.3. The van der Waals surface area contributed by atoms with Crippen molar-refractivity contribution < 1.29 is 9.90 Å². The fourth-order valence-electron chi connectivity index (χ4n) is 3.14. The molecule has 3 rings (SSSR count). The summed E-state index contributed by atoms with van der Waals surface area (Å²) in [7, 11) is 0. The first-order valence-electron chi connectivity index (χ1n) is 7.14. The maximum Gasteiger partial charge on any atom is 0.224 e. The van der Waals surface area contributed by atoms with E-state index in [1.807, 2.05) is 19.1 Å². The average molecular weight is 275 g/mol. The molecule has 2 aliphatic rings. The minimum absolute atomic E-state index is 0.0545. The Hall–Kier alpha value is -1.75. The Kier molecular flexibility index (Phi) is 3.09. The molecule has 2 aliphatic heterocycles. The Morgan fingerprint density at radius 3 is 2.95 bits per heavy atom. The number of anilines is 3. The van der Waals surface area contributed by atoms with Crippen LogP contribution < -0.4 is 16.0 Å². The van der Waals surface area contributed by atoms with Gasteiger partial charge in [-0.05, 0) is 43.9 Å². The highest BCUT2D eigenvalue weighted by Crippen LogP contribution is 2.35. The first kappa shape index (κ1) is 13.2. The van der Waals surface area contributed by atoms with E-state index in [0.29, 0.717) is 13.0 Å². The number of rotatable bonds is 1. The number of piperidine rings is 1. The van der Waals surface area contributed by atoms with Crippen LogP contribution in [0.2, 0.25) is 0 Å². The molecule has 0 radical (unpaired) electrons. The minimum atomic E-state index is -0.677. The number of hydrogen-bond acceptors (Lipinski definition) is 4. The van der Waals surface area contributed by atoms with Crippen LogP contribution in [0.4, 0.5) is 17.1 Å². The molecular formula is C15H21N3O2. The Bertz CT molecular complexity index is 554. The topological polar surface area (TPSA) is 78.6 Å². The molecule has 0 aliphatic carbocycles. The Morgan fingerprint density at radius 2 is 2.20 bits per heavy atom. The van der Waals surface area contributed by atoms with Crippen LogP contribution in [0.25, 0.3) is 0 Å². The number of nitrogens with two attached hydrogens (primary N) is 1. The molecule has 20 heavy (non-hydrogen) atoms. The Morgan fingerprint density at radius 1 is 1.40 bits per heavy atom. The van der Waals surface area contributed by atoms with Crippen molar-refractivity contribution in [2.75, 3.05) is 29.0 Å². The van der Waals surface area contributed by atoms with E-state index in [4.69, 9.17) is 5.73 Å². The van der Waals surface area contributed by atoms with Gasteiger partial charge in [-0.2, -0.15) is 0 Å². The summed E-state index contributed by atoms with van der Waals surface area (Å²) < 4.78 is 0. The van der Waals surface area contributed by atoms with Gasteiger partial charge in [0, 0.05) is 25.2 Å². The second-order valence-electron chi connectivity index (χ2n) is 6.14. The van der Waals surface area contributed by atoms with Gasteiger partial charge in [0.1, 0.15) is 0 Å². The maximum atomic E-state index is 11.5. The molecule has 0 aromatic heterocycles. The van der Waals surface area contributed by atoms with E-state index in [2.05, 4.69) is 10.2 Å². The van der Waals surface area contributed by atoms with Crippen LogP contribution in [0.15, 0.2) is 12.1 Å². The number of aliphatic hydroxyl groups is 1. The fraction of sp³-hybridized carbons (Fsp3) is 0.533. The van der Waals surface area contributed by atoms with E-state index in [1.165, 1.54) is 0 Å².